The van der Waals surface area contributed by atoms with Crippen LogP contribution in [-0.2, 0) is 0 Å². The van der Waals surface area contributed by atoms with Gasteiger partial charge in [0.1, 0.15) is 5.58 Å². The van der Waals surface area contributed by atoms with Gasteiger partial charge in [0.2, 0.25) is 0 Å². The lowest BCUT2D eigenvalue weighted by Gasteiger charge is -2.19. The lowest BCUT2D eigenvalue weighted by atomic mass is 10.0. The van der Waals surface area contributed by atoms with Crippen LogP contribution in [0.2, 0.25) is 0 Å². The van der Waals surface area contributed by atoms with Gasteiger partial charge in [-0.15, -0.1) is 0 Å². The van der Waals surface area contributed by atoms with Gasteiger partial charge in [0, 0.05) is 23.0 Å². The van der Waals surface area contributed by atoms with Crippen molar-refractivity contribution in [3.05, 3.63) is 71.7 Å². The monoisotopic (exact) mass is 374 g/mol. The first-order valence-electron chi connectivity index (χ1n) is 9.28. The molecule has 0 aliphatic heterocycles. The Kier molecular flexibility index (Phi) is 4.07. The highest BCUT2D eigenvalue weighted by Gasteiger charge is 2.26. The number of hydrogen-bond donors (Lipinski definition) is 1. The number of pyridine rings is 1. The first kappa shape index (κ1) is 16.9. The molecule has 0 bridgehead atoms. The van der Waals surface area contributed by atoms with Gasteiger partial charge in [0.05, 0.1) is 18.4 Å². The second-order valence-electron chi connectivity index (χ2n) is 7.07. The summed E-state index contributed by atoms with van der Waals surface area (Å²) in [6.07, 6.45) is 5.33. The lowest BCUT2D eigenvalue weighted by molar-refractivity contribution is -0.679. The van der Waals surface area contributed by atoms with Gasteiger partial charge >= 0.3 is 5.91 Å². The number of hydroxylamine groups is 1. The number of aromatic nitrogens is 1. The van der Waals surface area contributed by atoms with Crippen molar-refractivity contribution in [2.45, 2.75) is 12.8 Å². The van der Waals surface area contributed by atoms with E-state index in [4.69, 9.17) is 9.15 Å². The molecule has 1 atom stereocenters. The van der Waals surface area contributed by atoms with Crippen molar-refractivity contribution >= 4 is 33.5 Å². The number of fused-ring (bicyclic) bond motifs is 3. The van der Waals surface area contributed by atoms with E-state index in [1.54, 1.807) is 30.5 Å². The summed E-state index contributed by atoms with van der Waals surface area (Å²) >= 11 is 0. The highest BCUT2D eigenvalue weighted by molar-refractivity contribution is 6.16. The molecule has 0 spiro atoms. The molecule has 5 rings (SSSR count). The number of hydrogen-bond acceptors (Lipinski definition) is 5. The van der Waals surface area contributed by atoms with Crippen molar-refractivity contribution in [3.63, 3.8) is 0 Å². The van der Waals surface area contributed by atoms with Gasteiger partial charge in [-0.3, -0.25) is 10.0 Å². The minimum atomic E-state index is -0.591. The summed E-state index contributed by atoms with van der Waals surface area (Å²) in [5.74, 6) is 0.606. The molecular weight excluding hydrogens is 356 g/mol. The molecule has 6 heteroatoms. The Bertz CT molecular complexity index is 1170. The molecule has 0 saturated heterocycles. The average Bonchev–Trinajstić information content (AvgIpc) is 3.49. The number of benzene rings is 2. The Morgan fingerprint density at radius 2 is 2.04 bits per heavy atom. The number of rotatable bonds is 5. The first-order valence-corrected chi connectivity index (χ1v) is 9.28. The largest absolute Gasteiger partial charge is 0.621 e. The summed E-state index contributed by atoms with van der Waals surface area (Å²) in [5.41, 5.74) is 1.74. The Morgan fingerprint density at radius 3 is 2.82 bits per heavy atom. The molecule has 1 amide bonds. The van der Waals surface area contributed by atoms with E-state index in [-0.39, 0.29) is 5.69 Å². The van der Waals surface area contributed by atoms with E-state index in [1.807, 2.05) is 24.3 Å². The molecule has 1 aliphatic carbocycles. The van der Waals surface area contributed by atoms with Crippen LogP contribution in [-0.4, -0.2) is 17.5 Å². The molecule has 1 aliphatic rings. The maximum atomic E-state index is 13.0. The number of quaternary nitrogens is 1. The second-order valence-corrected chi connectivity index (χ2v) is 7.07. The standard InChI is InChI=1S/C22H18N2O4/c25-22(24(26)15-4-3-11-23-12-15)17-9-10-19(27-13-14-7-8-14)21-20(17)16-5-1-2-6-18(16)28-21/h1-6,9-12,14,24H,7-8,13H2. The van der Waals surface area contributed by atoms with Crippen molar-refractivity contribution in [1.82, 2.24) is 4.98 Å². The number of nitrogens with one attached hydrogen (secondary N) is 1. The van der Waals surface area contributed by atoms with Crippen LogP contribution < -0.4 is 9.80 Å². The van der Waals surface area contributed by atoms with Gasteiger partial charge < -0.3 is 14.4 Å². The first-order chi connectivity index (χ1) is 13.7. The number of amides is 1. The van der Waals surface area contributed by atoms with Crippen LogP contribution in [0.4, 0.5) is 5.69 Å². The molecule has 2 aromatic heterocycles. The molecule has 28 heavy (non-hydrogen) atoms. The molecule has 4 aromatic rings. The molecular formula is C22H18N2O4. The Morgan fingerprint density at radius 1 is 1.18 bits per heavy atom. The number of ether oxygens (including phenoxy) is 1. The van der Waals surface area contributed by atoms with Crippen LogP contribution >= 0.6 is 0 Å². The SMILES string of the molecule is O=C(c1ccc(OCC2CC2)c2oc3ccccc3c12)[NH+]([O-])c1cccnc1. The van der Waals surface area contributed by atoms with Crippen molar-refractivity contribution in [1.29, 1.82) is 0 Å². The van der Waals surface area contributed by atoms with E-state index in [0.29, 0.717) is 40.4 Å². The minimum absolute atomic E-state index is 0.266. The molecule has 6 nitrogen and oxygen atoms in total. The average molecular weight is 374 g/mol. The molecule has 1 unspecified atom stereocenters. The maximum absolute atomic E-state index is 13.0. The summed E-state index contributed by atoms with van der Waals surface area (Å²) in [7, 11) is 0. The normalized spacial score (nSPS) is 15.0. The van der Waals surface area contributed by atoms with Crippen molar-refractivity contribution in [2.24, 2.45) is 5.92 Å². The van der Waals surface area contributed by atoms with Gasteiger partial charge in [-0.2, -0.15) is 0 Å². The number of carbonyl (C=O) groups excluding carboxylic acids is 1. The zero-order chi connectivity index (χ0) is 19.1. The Labute approximate surface area is 160 Å². The molecule has 1 fully saturated rings. The number of para-hydroxylation sites is 1. The quantitative estimate of drug-likeness (QED) is 0.540. The predicted octanol–water partition coefficient (Wildman–Crippen LogP) is 3.62. The lowest BCUT2D eigenvalue weighted by Crippen LogP contribution is -3.05. The van der Waals surface area contributed by atoms with Crippen LogP contribution in [0.15, 0.2) is 65.3 Å². The van der Waals surface area contributed by atoms with Crippen LogP contribution in [0.25, 0.3) is 21.9 Å². The summed E-state index contributed by atoms with van der Waals surface area (Å²) in [6.45, 7) is 0.633. The van der Waals surface area contributed by atoms with Gasteiger partial charge in [-0.1, -0.05) is 18.2 Å². The van der Waals surface area contributed by atoms with E-state index in [9.17, 15) is 10.0 Å². The summed E-state index contributed by atoms with van der Waals surface area (Å²) in [5, 5.41) is 13.5. The topological polar surface area (TPSA) is 79.8 Å². The third-order valence-corrected chi connectivity index (χ3v) is 5.04. The summed E-state index contributed by atoms with van der Waals surface area (Å²) in [4.78, 5) is 17.0. The molecule has 1 N–H and O–H groups in total. The zero-order valence-electron chi connectivity index (χ0n) is 15.1. The predicted molar refractivity (Wildman–Crippen MR) is 104 cm³/mol. The van der Waals surface area contributed by atoms with E-state index in [2.05, 4.69) is 4.98 Å². The summed E-state index contributed by atoms with van der Waals surface area (Å²) in [6, 6.07) is 14.1. The zero-order valence-corrected chi connectivity index (χ0v) is 15.1. The highest BCUT2D eigenvalue weighted by atomic mass is 16.5. The van der Waals surface area contributed by atoms with Crippen LogP contribution in [0, 0.1) is 11.1 Å². The van der Waals surface area contributed by atoms with Crippen LogP contribution in [0.1, 0.15) is 23.2 Å². The maximum Gasteiger partial charge on any atom is 0.350 e. The van der Waals surface area contributed by atoms with Crippen molar-refractivity contribution in [2.75, 3.05) is 6.61 Å². The van der Waals surface area contributed by atoms with Gasteiger partial charge in [-0.25, -0.2) is 4.79 Å². The highest BCUT2D eigenvalue weighted by Crippen LogP contribution is 2.38. The molecule has 0 radical (unpaired) electrons. The van der Waals surface area contributed by atoms with Crippen LogP contribution in [0.3, 0.4) is 0 Å². The fraction of sp³-hybridized carbons (Fsp3) is 0.182. The fourth-order valence-electron chi connectivity index (χ4n) is 3.35. The second kappa shape index (κ2) is 6.74. The third kappa shape index (κ3) is 2.93. The van der Waals surface area contributed by atoms with Gasteiger partial charge in [-0.05, 0) is 43.0 Å². The Hall–Kier alpha value is -3.22. The molecule has 2 aromatic carbocycles. The van der Waals surface area contributed by atoms with E-state index in [0.717, 1.165) is 5.39 Å². The van der Waals surface area contributed by atoms with Crippen molar-refractivity contribution < 1.29 is 19.0 Å². The Balaban J connectivity index is 1.64. The molecule has 140 valence electrons. The number of carbonyl (C=O) groups is 1. The summed E-state index contributed by atoms with van der Waals surface area (Å²) < 4.78 is 12.0. The van der Waals surface area contributed by atoms with Crippen molar-refractivity contribution in [3.8, 4) is 5.75 Å². The van der Waals surface area contributed by atoms with Gasteiger partial charge in [0.15, 0.2) is 17.0 Å². The fourth-order valence-corrected chi connectivity index (χ4v) is 3.35. The van der Waals surface area contributed by atoms with Gasteiger partial charge in [0.25, 0.3) is 0 Å². The van der Waals surface area contributed by atoms with E-state index in [1.165, 1.54) is 19.0 Å². The van der Waals surface area contributed by atoms with E-state index >= 15 is 0 Å². The molecule has 1 saturated carbocycles. The smallest absolute Gasteiger partial charge is 0.350 e. The molecule has 2 heterocycles. The minimum Gasteiger partial charge on any atom is -0.621 e. The number of furan rings is 1. The van der Waals surface area contributed by atoms with E-state index < -0.39 is 11.0 Å². The van der Waals surface area contributed by atoms with Crippen LogP contribution in [0.5, 0.6) is 5.75 Å². The third-order valence-electron chi connectivity index (χ3n) is 5.04. The number of nitrogens with zero attached hydrogens (tertiary/aromatic N) is 1.